The van der Waals surface area contributed by atoms with Crippen LogP contribution in [0.5, 0.6) is 0 Å². The second kappa shape index (κ2) is 6.05. The molecule has 0 amide bonds. The van der Waals surface area contributed by atoms with Crippen molar-refractivity contribution in [1.82, 2.24) is 9.88 Å². The zero-order valence-electron chi connectivity index (χ0n) is 13.8. The number of nitrogens with zero attached hydrogens (tertiary/aromatic N) is 3. The SMILES string of the molecule is CN(C=Nc1ccc(-c2ccc3oc(N)nc3c2)cc1C=O)C1CC1. The summed E-state index contributed by atoms with van der Waals surface area (Å²) in [6, 6.07) is 12.0. The molecule has 1 aliphatic rings. The van der Waals surface area contributed by atoms with Gasteiger partial charge in [0.2, 0.25) is 0 Å². The lowest BCUT2D eigenvalue weighted by molar-refractivity contribution is 0.112. The number of nitrogen functional groups attached to an aromatic ring is 1. The third-order valence-electron chi connectivity index (χ3n) is 4.39. The van der Waals surface area contributed by atoms with Gasteiger partial charge >= 0.3 is 0 Å². The molecule has 1 aromatic heterocycles. The maximum Gasteiger partial charge on any atom is 0.292 e. The molecule has 6 nitrogen and oxygen atoms in total. The molecule has 3 aromatic rings. The van der Waals surface area contributed by atoms with E-state index in [0.717, 1.165) is 17.4 Å². The number of aromatic nitrogens is 1. The average Bonchev–Trinajstić information content (AvgIpc) is 3.40. The summed E-state index contributed by atoms with van der Waals surface area (Å²) in [5, 5.41) is 0. The van der Waals surface area contributed by atoms with Gasteiger partial charge in [-0.05, 0) is 48.2 Å². The van der Waals surface area contributed by atoms with Crippen molar-refractivity contribution in [3.05, 3.63) is 42.0 Å². The molecule has 0 radical (unpaired) electrons. The number of hydrogen-bond acceptors (Lipinski definition) is 5. The molecular weight excluding hydrogens is 316 g/mol. The van der Waals surface area contributed by atoms with Crippen molar-refractivity contribution in [3.63, 3.8) is 0 Å². The van der Waals surface area contributed by atoms with E-state index in [4.69, 9.17) is 10.2 Å². The molecule has 1 aliphatic carbocycles. The second-order valence-corrected chi connectivity index (χ2v) is 6.27. The molecule has 0 unspecified atom stereocenters. The summed E-state index contributed by atoms with van der Waals surface area (Å²) < 4.78 is 5.29. The second-order valence-electron chi connectivity index (χ2n) is 6.27. The zero-order valence-corrected chi connectivity index (χ0v) is 13.8. The van der Waals surface area contributed by atoms with Gasteiger partial charge in [-0.15, -0.1) is 0 Å². The lowest BCUT2D eigenvalue weighted by Gasteiger charge is -2.11. The van der Waals surface area contributed by atoms with Crippen molar-refractivity contribution in [3.8, 4) is 11.1 Å². The summed E-state index contributed by atoms with van der Waals surface area (Å²) in [5.41, 5.74) is 9.99. The molecule has 1 fully saturated rings. The normalized spacial score (nSPS) is 14.3. The van der Waals surface area contributed by atoms with Gasteiger partial charge in [-0.1, -0.05) is 12.1 Å². The van der Waals surface area contributed by atoms with Crippen LogP contribution in [0.1, 0.15) is 23.2 Å². The highest BCUT2D eigenvalue weighted by Gasteiger charge is 2.24. The zero-order chi connectivity index (χ0) is 17.4. The van der Waals surface area contributed by atoms with E-state index in [1.165, 1.54) is 12.8 Å². The van der Waals surface area contributed by atoms with Gasteiger partial charge < -0.3 is 15.1 Å². The van der Waals surface area contributed by atoms with E-state index >= 15 is 0 Å². The van der Waals surface area contributed by atoms with E-state index in [-0.39, 0.29) is 6.01 Å². The van der Waals surface area contributed by atoms with E-state index < -0.39 is 0 Å². The molecule has 0 saturated heterocycles. The summed E-state index contributed by atoms with van der Waals surface area (Å²) in [7, 11) is 2.01. The van der Waals surface area contributed by atoms with Crippen molar-refractivity contribution >= 4 is 35.4 Å². The number of hydrogen-bond donors (Lipinski definition) is 1. The summed E-state index contributed by atoms with van der Waals surface area (Å²) in [5.74, 6) is 0. The molecule has 0 atom stereocenters. The molecule has 0 aliphatic heterocycles. The first-order valence-electron chi connectivity index (χ1n) is 8.16. The molecule has 6 heteroatoms. The van der Waals surface area contributed by atoms with Crippen LogP contribution in [0.25, 0.3) is 22.2 Å². The van der Waals surface area contributed by atoms with Gasteiger partial charge in [-0.25, -0.2) is 4.99 Å². The maximum absolute atomic E-state index is 11.5. The lowest BCUT2D eigenvalue weighted by atomic mass is 10.0. The van der Waals surface area contributed by atoms with Crippen LogP contribution in [0, 0.1) is 0 Å². The minimum Gasteiger partial charge on any atom is -0.424 e. The standard InChI is InChI=1S/C19H18N4O2/c1-23(15-4-5-15)11-21-16-6-2-12(8-14(16)10-24)13-3-7-18-17(9-13)22-19(20)25-18/h2-3,6-11,15H,4-5H2,1H3,(H2,20,22). The predicted molar refractivity (Wildman–Crippen MR) is 98.2 cm³/mol. The number of aldehydes is 1. The molecule has 126 valence electrons. The van der Waals surface area contributed by atoms with Crippen LogP contribution in [0.15, 0.2) is 45.8 Å². The van der Waals surface area contributed by atoms with E-state index in [2.05, 4.69) is 14.9 Å². The van der Waals surface area contributed by atoms with Gasteiger partial charge in [0.15, 0.2) is 11.9 Å². The van der Waals surface area contributed by atoms with Gasteiger partial charge in [0.1, 0.15) is 5.52 Å². The van der Waals surface area contributed by atoms with Gasteiger partial charge in [0.05, 0.1) is 12.0 Å². The minimum atomic E-state index is 0.144. The lowest BCUT2D eigenvalue weighted by Crippen LogP contribution is -2.17. The monoisotopic (exact) mass is 334 g/mol. The highest BCUT2D eigenvalue weighted by molar-refractivity contribution is 5.88. The molecule has 1 saturated carbocycles. The fourth-order valence-corrected chi connectivity index (χ4v) is 2.80. The number of carbonyl (C=O) groups excluding carboxylic acids is 1. The van der Waals surface area contributed by atoms with Crippen LogP contribution in [-0.4, -0.2) is 35.6 Å². The minimum absolute atomic E-state index is 0.144. The Kier molecular flexibility index (Phi) is 3.72. The Labute approximate surface area is 145 Å². The van der Waals surface area contributed by atoms with Gasteiger partial charge in [-0.2, -0.15) is 4.98 Å². The first-order chi connectivity index (χ1) is 12.1. The van der Waals surface area contributed by atoms with Gasteiger partial charge in [-0.3, -0.25) is 4.79 Å². The number of aliphatic imine (C=N–C) groups is 1. The maximum atomic E-state index is 11.5. The van der Waals surface area contributed by atoms with E-state index in [9.17, 15) is 4.79 Å². The van der Waals surface area contributed by atoms with E-state index in [1.807, 2.05) is 43.4 Å². The topological polar surface area (TPSA) is 84.7 Å². The Bertz CT molecular complexity index is 973. The Morgan fingerprint density at radius 1 is 1.24 bits per heavy atom. The number of rotatable bonds is 5. The van der Waals surface area contributed by atoms with E-state index in [0.29, 0.717) is 28.4 Å². The Balaban J connectivity index is 1.66. The third kappa shape index (κ3) is 3.10. The van der Waals surface area contributed by atoms with Crippen molar-refractivity contribution in [2.45, 2.75) is 18.9 Å². The number of carbonyl (C=O) groups is 1. The van der Waals surface area contributed by atoms with Crippen LogP contribution in [0.2, 0.25) is 0 Å². The molecule has 25 heavy (non-hydrogen) atoms. The number of oxazole rings is 1. The average molecular weight is 334 g/mol. The van der Waals surface area contributed by atoms with E-state index in [1.54, 1.807) is 6.34 Å². The van der Waals surface area contributed by atoms with Crippen LogP contribution in [0.4, 0.5) is 11.7 Å². The Morgan fingerprint density at radius 2 is 2.00 bits per heavy atom. The molecule has 2 aromatic carbocycles. The molecule has 2 N–H and O–H groups in total. The smallest absolute Gasteiger partial charge is 0.292 e. The summed E-state index contributed by atoms with van der Waals surface area (Å²) in [6.07, 6.45) is 5.04. The van der Waals surface area contributed by atoms with Gasteiger partial charge in [0.25, 0.3) is 6.01 Å². The highest BCUT2D eigenvalue weighted by Crippen LogP contribution is 2.29. The largest absolute Gasteiger partial charge is 0.424 e. The number of nitrogens with two attached hydrogens (primary N) is 1. The molecule has 0 bridgehead atoms. The van der Waals surface area contributed by atoms with Crippen molar-refractivity contribution in [1.29, 1.82) is 0 Å². The van der Waals surface area contributed by atoms with Crippen molar-refractivity contribution in [2.24, 2.45) is 4.99 Å². The third-order valence-corrected chi connectivity index (χ3v) is 4.39. The van der Waals surface area contributed by atoms with Crippen molar-refractivity contribution in [2.75, 3.05) is 12.8 Å². The molecule has 4 rings (SSSR count). The summed E-state index contributed by atoms with van der Waals surface area (Å²) in [4.78, 5) is 22.2. The Morgan fingerprint density at radius 3 is 2.76 bits per heavy atom. The summed E-state index contributed by atoms with van der Waals surface area (Å²) >= 11 is 0. The first-order valence-corrected chi connectivity index (χ1v) is 8.16. The summed E-state index contributed by atoms with van der Waals surface area (Å²) in [6.45, 7) is 0. The number of benzene rings is 2. The number of fused-ring (bicyclic) bond motifs is 1. The quantitative estimate of drug-likeness (QED) is 0.437. The van der Waals surface area contributed by atoms with Crippen molar-refractivity contribution < 1.29 is 9.21 Å². The first kappa shape index (κ1) is 15.4. The molecule has 0 spiro atoms. The Hall–Kier alpha value is -3.15. The molecule has 1 heterocycles. The fourth-order valence-electron chi connectivity index (χ4n) is 2.80. The van der Waals surface area contributed by atoms with Crippen LogP contribution >= 0.6 is 0 Å². The number of anilines is 1. The van der Waals surface area contributed by atoms with Crippen LogP contribution in [-0.2, 0) is 0 Å². The van der Waals surface area contributed by atoms with Crippen LogP contribution < -0.4 is 5.73 Å². The predicted octanol–water partition coefficient (Wildman–Crippen LogP) is 3.64. The van der Waals surface area contributed by atoms with Gasteiger partial charge in [0, 0.05) is 18.7 Å². The highest BCUT2D eigenvalue weighted by atomic mass is 16.4. The van der Waals surface area contributed by atoms with Crippen LogP contribution in [0.3, 0.4) is 0 Å². The fraction of sp³-hybridized carbons (Fsp3) is 0.211. The molecular formula is C19H18N4O2.